The van der Waals surface area contributed by atoms with Gasteiger partial charge in [-0.25, -0.2) is 4.39 Å². The quantitative estimate of drug-likeness (QED) is 0.838. The zero-order valence-corrected chi connectivity index (χ0v) is 9.18. The number of nitrogens with zero attached hydrogens (tertiary/aromatic N) is 1. The number of hydrogen-bond acceptors (Lipinski definition) is 1. The molecule has 0 atom stereocenters. The summed E-state index contributed by atoms with van der Waals surface area (Å²) in [5, 5.41) is 1.56. The predicted octanol–water partition coefficient (Wildman–Crippen LogP) is 2.47. The predicted molar refractivity (Wildman–Crippen MR) is 60.6 cm³/mol. The SMILES string of the molecule is Cn1c(CCN)c(Cl)c2ccc(F)cc21. The highest BCUT2D eigenvalue weighted by molar-refractivity contribution is 6.36. The van der Waals surface area contributed by atoms with Gasteiger partial charge < -0.3 is 10.3 Å². The second kappa shape index (κ2) is 3.83. The molecular formula is C11H12ClFN2. The highest BCUT2D eigenvalue weighted by Crippen LogP contribution is 2.30. The van der Waals surface area contributed by atoms with E-state index in [0.717, 1.165) is 16.6 Å². The molecule has 0 aliphatic carbocycles. The first-order valence-corrected chi connectivity index (χ1v) is 5.15. The van der Waals surface area contributed by atoms with Gasteiger partial charge in [-0.05, 0) is 24.7 Å². The molecule has 1 aromatic heterocycles. The molecule has 0 aliphatic rings. The van der Waals surface area contributed by atoms with E-state index in [9.17, 15) is 4.39 Å². The molecule has 4 heteroatoms. The lowest BCUT2D eigenvalue weighted by molar-refractivity contribution is 0.628. The second-order valence-electron chi connectivity index (χ2n) is 3.52. The van der Waals surface area contributed by atoms with Crippen molar-refractivity contribution in [3.8, 4) is 0 Å². The van der Waals surface area contributed by atoms with Crippen LogP contribution in [0.3, 0.4) is 0 Å². The van der Waals surface area contributed by atoms with Crippen molar-refractivity contribution in [3.63, 3.8) is 0 Å². The number of aryl methyl sites for hydroxylation is 1. The Labute approximate surface area is 92.4 Å². The fraction of sp³-hybridized carbons (Fsp3) is 0.273. The number of rotatable bonds is 2. The van der Waals surface area contributed by atoms with Crippen LogP contribution in [-0.4, -0.2) is 11.1 Å². The molecule has 80 valence electrons. The van der Waals surface area contributed by atoms with Gasteiger partial charge in [-0.2, -0.15) is 0 Å². The van der Waals surface area contributed by atoms with Crippen LogP contribution in [0.5, 0.6) is 0 Å². The first-order valence-electron chi connectivity index (χ1n) is 4.77. The number of aromatic nitrogens is 1. The topological polar surface area (TPSA) is 30.9 Å². The Morgan fingerprint density at radius 3 is 2.87 bits per heavy atom. The van der Waals surface area contributed by atoms with Crippen molar-refractivity contribution in [1.82, 2.24) is 4.57 Å². The van der Waals surface area contributed by atoms with Gasteiger partial charge in [0.15, 0.2) is 0 Å². The van der Waals surface area contributed by atoms with Gasteiger partial charge in [-0.15, -0.1) is 0 Å². The van der Waals surface area contributed by atoms with E-state index in [-0.39, 0.29) is 5.82 Å². The lowest BCUT2D eigenvalue weighted by Gasteiger charge is -2.02. The van der Waals surface area contributed by atoms with Crippen LogP contribution in [-0.2, 0) is 13.5 Å². The normalized spacial score (nSPS) is 11.2. The summed E-state index contributed by atoms with van der Waals surface area (Å²) < 4.78 is 15.0. The Morgan fingerprint density at radius 1 is 1.47 bits per heavy atom. The molecule has 2 N–H and O–H groups in total. The van der Waals surface area contributed by atoms with E-state index < -0.39 is 0 Å². The fourth-order valence-electron chi connectivity index (χ4n) is 1.83. The molecule has 0 bridgehead atoms. The van der Waals surface area contributed by atoms with Crippen molar-refractivity contribution in [2.45, 2.75) is 6.42 Å². The highest BCUT2D eigenvalue weighted by atomic mass is 35.5. The van der Waals surface area contributed by atoms with Gasteiger partial charge in [0, 0.05) is 24.5 Å². The average Bonchev–Trinajstić information content (AvgIpc) is 2.44. The van der Waals surface area contributed by atoms with Crippen LogP contribution < -0.4 is 5.73 Å². The van der Waals surface area contributed by atoms with Gasteiger partial charge in [0.05, 0.1) is 10.5 Å². The molecule has 15 heavy (non-hydrogen) atoms. The number of nitrogens with two attached hydrogens (primary N) is 1. The summed E-state index contributed by atoms with van der Waals surface area (Å²) in [6, 6.07) is 4.61. The summed E-state index contributed by atoms with van der Waals surface area (Å²) in [5.41, 5.74) is 7.27. The van der Waals surface area contributed by atoms with E-state index in [2.05, 4.69) is 0 Å². The van der Waals surface area contributed by atoms with Crippen molar-refractivity contribution < 1.29 is 4.39 Å². The zero-order valence-electron chi connectivity index (χ0n) is 8.43. The smallest absolute Gasteiger partial charge is 0.125 e. The second-order valence-corrected chi connectivity index (χ2v) is 3.90. The molecule has 0 spiro atoms. The van der Waals surface area contributed by atoms with E-state index in [1.807, 2.05) is 11.6 Å². The molecule has 1 heterocycles. The van der Waals surface area contributed by atoms with Crippen LogP contribution in [0.25, 0.3) is 10.9 Å². The van der Waals surface area contributed by atoms with E-state index in [4.69, 9.17) is 17.3 Å². The molecule has 2 aromatic rings. The first kappa shape index (κ1) is 10.5. The third-order valence-corrected chi connectivity index (χ3v) is 3.02. The maximum atomic E-state index is 13.1. The molecular weight excluding hydrogens is 215 g/mol. The minimum Gasteiger partial charge on any atom is -0.346 e. The van der Waals surface area contributed by atoms with Gasteiger partial charge in [-0.3, -0.25) is 0 Å². The van der Waals surface area contributed by atoms with Crippen LogP contribution in [0.2, 0.25) is 5.02 Å². The van der Waals surface area contributed by atoms with Crippen molar-refractivity contribution in [1.29, 1.82) is 0 Å². The Morgan fingerprint density at radius 2 is 2.20 bits per heavy atom. The van der Waals surface area contributed by atoms with Gasteiger partial charge in [-0.1, -0.05) is 11.6 Å². The van der Waals surface area contributed by atoms with Gasteiger partial charge in [0.25, 0.3) is 0 Å². The number of hydrogen-bond donors (Lipinski definition) is 1. The van der Waals surface area contributed by atoms with Crippen molar-refractivity contribution in [2.75, 3.05) is 6.54 Å². The molecule has 1 aromatic carbocycles. The summed E-state index contributed by atoms with van der Waals surface area (Å²) >= 11 is 6.19. The van der Waals surface area contributed by atoms with Crippen LogP contribution in [0.15, 0.2) is 18.2 Å². The average molecular weight is 227 g/mol. The van der Waals surface area contributed by atoms with E-state index in [1.165, 1.54) is 12.1 Å². The Balaban J connectivity index is 2.73. The number of halogens is 2. The summed E-state index contributed by atoms with van der Waals surface area (Å²) in [5.74, 6) is -0.251. The molecule has 0 saturated carbocycles. The lowest BCUT2D eigenvalue weighted by atomic mass is 10.2. The minimum absolute atomic E-state index is 0.251. The lowest BCUT2D eigenvalue weighted by Crippen LogP contribution is -2.06. The van der Waals surface area contributed by atoms with Crippen molar-refractivity contribution in [2.24, 2.45) is 12.8 Å². The third-order valence-electron chi connectivity index (χ3n) is 2.60. The number of fused-ring (bicyclic) bond motifs is 1. The molecule has 2 nitrogen and oxygen atoms in total. The monoisotopic (exact) mass is 226 g/mol. The van der Waals surface area contributed by atoms with E-state index in [1.54, 1.807) is 6.07 Å². The first-order chi connectivity index (χ1) is 7.15. The van der Waals surface area contributed by atoms with Crippen LogP contribution in [0, 0.1) is 5.82 Å². The molecule has 2 rings (SSSR count). The van der Waals surface area contributed by atoms with Gasteiger partial charge in [0.2, 0.25) is 0 Å². The Kier molecular flexibility index (Phi) is 2.67. The largest absolute Gasteiger partial charge is 0.346 e. The Hall–Kier alpha value is -1.06. The van der Waals surface area contributed by atoms with Crippen LogP contribution in [0.4, 0.5) is 4.39 Å². The zero-order chi connectivity index (χ0) is 11.0. The van der Waals surface area contributed by atoms with Crippen molar-refractivity contribution >= 4 is 22.5 Å². The van der Waals surface area contributed by atoms with Crippen molar-refractivity contribution in [3.05, 3.63) is 34.7 Å². The summed E-state index contributed by atoms with van der Waals surface area (Å²) in [4.78, 5) is 0. The van der Waals surface area contributed by atoms with Gasteiger partial charge in [0.1, 0.15) is 5.82 Å². The summed E-state index contributed by atoms with van der Waals surface area (Å²) in [6.07, 6.45) is 0.700. The molecule has 0 amide bonds. The van der Waals surface area contributed by atoms with Crippen LogP contribution in [0.1, 0.15) is 5.69 Å². The summed E-state index contributed by atoms with van der Waals surface area (Å²) in [6.45, 7) is 0.534. The molecule has 0 unspecified atom stereocenters. The summed E-state index contributed by atoms with van der Waals surface area (Å²) in [7, 11) is 1.87. The molecule has 0 fully saturated rings. The van der Waals surface area contributed by atoms with E-state index in [0.29, 0.717) is 18.0 Å². The third kappa shape index (κ3) is 1.62. The van der Waals surface area contributed by atoms with Crippen LogP contribution >= 0.6 is 11.6 Å². The molecule has 0 aliphatic heterocycles. The molecule has 0 radical (unpaired) electrons. The van der Waals surface area contributed by atoms with Gasteiger partial charge >= 0.3 is 0 Å². The minimum atomic E-state index is -0.251. The maximum Gasteiger partial charge on any atom is 0.125 e. The van der Waals surface area contributed by atoms with E-state index >= 15 is 0 Å². The number of benzene rings is 1. The fourth-order valence-corrected chi connectivity index (χ4v) is 2.21. The highest BCUT2D eigenvalue weighted by Gasteiger charge is 2.12. The standard InChI is InChI=1S/C11H12ClFN2/c1-15-9(4-5-14)11(12)8-3-2-7(13)6-10(8)15/h2-3,6H,4-5,14H2,1H3. The maximum absolute atomic E-state index is 13.1. The Bertz CT molecular complexity index is 505. The molecule has 0 saturated heterocycles.